The molecule has 0 aliphatic heterocycles. The number of carbonyl (C=O) groups is 2. The van der Waals surface area contributed by atoms with E-state index >= 15 is 0 Å². The summed E-state index contributed by atoms with van der Waals surface area (Å²) in [6.45, 7) is 2.15. The van der Waals surface area contributed by atoms with Crippen molar-refractivity contribution in [2.45, 2.75) is 77.2 Å². The van der Waals surface area contributed by atoms with Crippen molar-refractivity contribution in [3.8, 4) is 0 Å². The van der Waals surface area contributed by atoms with Crippen LogP contribution in [-0.4, -0.2) is 28.1 Å². The molecule has 0 spiro atoms. The molecular formula is C18H28O4. The Labute approximate surface area is 132 Å². The summed E-state index contributed by atoms with van der Waals surface area (Å²) < 4.78 is 0. The summed E-state index contributed by atoms with van der Waals surface area (Å²) in [5.41, 5.74) is 2.02. The van der Waals surface area contributed by atoms with Crippen LogP contribution < -0.4 is 0 Å². The molecule has 0 saturated heterocycles. The van der Waals surface area contributed by atoms with Gasteiger partial charge in [-0.25, -0.2) is 0 Å². The first kappa shape index (κ1) is 18.6. The Morgan fingerprint density at radius 1 is 1.23 bits per heavy atom. The second-order valence-electron chi connectivity index (χ2n) is 5.95. The number of hydrogen-bond acceptors (Lipinski definition) is 3. The lowest BCUT2D eigenvalue weighted by Gasteiger charge is -2.06. The van der Waals surface area contributed by atoms with Crippen LogP contribution in [0.1, 0.15) is 71.1 Å². The third-order valence-electron chi connectivity index (χ3n) is 4.04. The second-order valence-corrected chi connectivity index (χ2v) is 5.95. The Kier molecular flexibility index (Phi) is 8.75. The minimum atomic E-state index is -0.795. The Morgan fingerprint density at radius 3 is 2.68 bits per heavy atom. The van der Waals surface area contributed by atoms with Crippen LogP contribution >= 0.6 is 0 Å². The summed E-state index contributed by atoms with van der Waals surface area (Å²) in [7, 11) is 0. The highest BCUT2D eigenvalue weighted by molar-refractivity contribution is 5.99. The largest absolute Gasteiger partial charge is 0.481 e. The number of Topliss-reactive ketones (excluding diaryl/α,β-unsaturated/α-hetero) is 1. The molecule has 4 nitrogen and oxygen atoms in total. The molecule has 1 aliphatic carbocycles. The third-order valence-corrected chi connectivity index (χ3v) is 4.04. The van der Waals surface area contributed by atoms with Gasteiger partial charge in [0.1, 0.15) is 0 Å². The molecule has 0 bridgehead atoms. The normalized spacial score (nSPS) is 16.7. The highest BCUT2D eigenvalue weighted by atomic mass is 16.4. The molecule has 0 aromatic rings. The van der Waals surface area contributed by atoms with E-state index in [0.29, 0.717) is 25.7 Å². The van der Waals surface area contributed by atoms with Gasteiger partial charge in [-0.3, -0.25) is 9.59 Å². The number of allylic oxidation sites excluding steroid dienone is 3. The first-order valence-electron chi connectivity index (χ1n) is 8.37. The van der Waals surface area contributed by atoms with Crippen LogP contribution in [0, 0.1) is 0 Å². The highest BCUT2D eigenvalue weighted by Gasteiger charge is 2.20. The van der Waals surface area contributed by atoms with Crippen LogP contribution in [0.15, 0.2) is 23.3 Å². The molecule has 0 fully saturated rings. The molecular weight excluding hydrogens is 280 g/mol. The maximum absolute atomic E-state index is 11.9. The molecule has 2 N–H and O–H groups in total. The fourth-order valence-electron chi connectivity index (χ4n) is 2.72. The number of rotatable bonds is 11. The number of unbranched alkanes of at least 4 members (excludes halogenated alkanes) is 3. The summed E-state index contributed by atoms with van der Waals surface area (Å²) in [5.74, 6) is -0.539. The Hall–Kier alpha value is -1.42. The molecule has 1 atom stereocenters. The quantitative estimate of drug-likeness (QED) is 0.569. The van der Waals surface area contributed by atoms with Crippen LogP contribution in [0.5, 0.6) is 0 Å². The van der Waals surface area contributed by atoms with E-state index in [1.807, 2.05) is 6.08 Å². The first-order valence-corrected chi connectivity index (χ1v) is 8.37. The van der Waals surface area contributed by atoms with Crippen LogP contribution in [0.4, 0.5) is 0 Å². The van der Waals surface area contributed by atoms with Gasteiger partial charge < -0.3 is 10.2 Å². The van der Waals surface area contributed by atoms with Crippen molar-refractivity contribution in [2.24, 2.45) is 0 Å². The van der Waals surface area contributed by atoms with Gasteiger partial charge in [-0.15, -0.1) is 0 Å². The van der Waals surface area contributed by atoms with Gasteiger partial charge in [0, 0.05) is 12.8 Å². The summed E-state index contributed by atoms with van der Waals surface area (Å²) in [6.07, 6.45) is 10.6. The summed E-state index contributed by atoms with van der Waals surface area (Å²) in [4.78, 5) is 22.3. The summed E-state index contributed by atoms with van der Waals surface area (Å²) in [6, 6.07) is 0. The van der Waals surface area contributed by atoms with Gasteiger partial charge in [-0.2, -0.15) is 0 Å². The minimum absolute atomic E-state index is 0.150. The lowest BCUT2D eigenvalue weighted by Crippen LogP contribution is -2.03. The standard InChI is InChI=1S/C18H28O4/c1-2-3-4-8-16-14(11-13-17(16)20)10-12-15(19)7-5-6-9-18(21)22/h10,12,15,19H,2-9,11,13H2,1H3,(H,21,22)/b12-10+/t15-/m1/s1. The van der Waals surface area contributed by atoms with E-state index < -0.39 is 12.1 Å². The molecule has 0 aromatic carbocycles. The van der Waals surface area contributed by atoms with Crippen LogP contribution in [0.2, 0.25) is 0 Å². The highest BCUT2D eigenvalue weighted by Crippen LogP contribution is 2.28. The van der Waals surface area contributed by atoms with Crippen LogP contribution in [0.3, 0.4) is 0 Å². The molecule has 0 heterocycles. The fourth-order valence-corrected chi connectivity index (χ4v) is 2.72. The summed E-state index contributed by atoms with van der Waals surface area (Å²) >= 11 is 0. The van der Waals surface area contributed by atoms with Crippen LogP contribution in [0.25, 0.3) is 0 Å². The van der Waals surface area contributed by atoms with E-state index in [1.54, 1.807) is 6.08 Å². The molecule has 0 amide bonds. The number of aliphatic carboxylic acids is 1. The monoisotopic (exact) mass is 308 g/mol. The van der Waals surface area contributed by atoms with Crippen molar-refractivity contribution in [3.05, 3.63) is 23.3 Å². The topological polar surface area (TPSA) is 74.6 Å². The summed E-state index contributed by atoms with van der Waals surface area (Å²) in [5, 5.41) is 18.5. The molecule has 4 heteroatoms. The zero-order valence-electron chi connectivity index (χ0n) is 13.5. The van der Waals surface area contributed by atoms with Crippen molar-refractivity contribution in [2.75, 3.05) is 0 Å². The van der Waals surface area contributed by atoms with Gasteiger partial charge in [0.15, 0.2) is 5.78 Å². The number of aliphatic hydroxyl groups excluding tert-OH is 1. The van der Waals surface area contributed by atoms with Gasteiger partial charge in [-0.1, -0.05) is 31.9 Å². The Morgan fingerprint density at radius 2 is 2.00 bits per heavy atom. The Balaban J connectivity index is 2.43. The van der Waals surface area contributed by atoms with Gasteiger partial charge in [0.25, 0.3) is 0 Å². The predicted octanol–water partition coefficient (Wildman–Crippen LogP) is 3.79. The lowest BCUT2D eigenvalue weighted by atomic mass is 10.0. The first-order chi connectivity index (χ1) is 10.5. The number of carboxylic acid groups (broad SMARTS) is 1. The van der Waals surface area contributed by atoms with E-state index in [0.717, 1.165) is 43.3 Å². The van der Waals surface area contributed by atoms with Gasteiger partial charge in [-0.05, 0) is 49.7 Å². The van der Waals surface area contributed by atoms with E-state index in [4.69, 9.17) is 5.11 Å². The molecule has 1 aliphatic rings. The molecule has 22 heavy (non-hydrogen) atoms. The fraction of sp³-hybridized carbons (Fsp3) is 0.667. The predicted molar refractivity (Wildman–Crippen MR) is 86.7 cm³/mol. The number of ketones is 1. The van der Waals surface area contributed by atoms with Crippen LogP contribution in [-0.2, 0) is 9.59 Å². The molecule has 1 rings (SSSR count). The molecule has 0 saturated carbocycles. The molecule has 0 aromatic heterocycles. The lowest BCUT2D eigenvalue weighted by molar-refractivity contribution is -0.137. The number of carboxylic acids is 1. The minimum Gasteiger partial charge on any atom is -0.481 e. The molecule has 124 valence electrons. The van der Waals surface area contributed by atoms with Crippen molar-refractivity contribution in [3.63, 3.8) is 0 Å². The Bertz CT molecular complexity index is 434. The number of aliphatic hydroxyl groups is 1. The van der Waals surface area contributed by atoms with E-state index in [2.05, 4.69) is 6.92 Å². The average molecular weight is 308 g/mol. The molecule has 0 radical (unpaired) electrons. The van der Waals surface area contributed by atoms with E-state index in [1.165, 1.54) is 0 Å². The number of hydrogen-bond donors (Lipinski definition) is 2. The van der Waals surface area contributed by atoms with Crippen molar-refractivity contribution >= 4 is 11.8 Å². The number of carbonyl (C=O) groups excluding carboxylic acids is 1. The van der Waals surface area contributed by atoms with Gasteiger partial charge in [0.2, 0.25) is 0 Å². The van der Waals surface area contributed by atoms with Gasteiger partial charge in [0.05, 0.1) is 6.10 Å². The van der Waals surface area contributed by atoms with Crippen molar-refractivity contribution in [1.82, 2.24) is 0 Å². The smallest absolute Gasteiger partial charge is 0.303 e. The maximum atomic E-state index is 11.9. The second kappa shape index (κ2) is 10.3. The van der Waals surface area contributed by atoms with E-state index in [-0.39, 0.29) is 12.2 Å². The third kappa shape index (κ3) is 7.03. The van der Waals surface area contributed by atoms with Crippen molar-refractivity contribution < 1.29 is 19.8 Å². The maximum Gasteiger partial charge on any atom is 0.303 e. The average Bonchev–Trinajstić information content (AvgIpc) is 2.82. The van der Waals surface area contributed by atoms with E-state index in [9.17, 15) is 14.7 Å². The SMILES string of the molecule is CCCCCC1=C(/C=C/[C@H](O)CCCCC(=O)O)CCC1=O. The zero-order chi connectivity index (χ0) is 16.4. The molecule has 0 unspecified atom stereocenters. The zero-order valence-corrected chi connectivity index (χ0v) is 13.5. The van der Waals surface area contributed by atoms with Crippen molar-refractivity contribution in [1.29, 1.82) is 0 Å². The van der Waals surface area contributed by atoms with Gasteiger partial charge >= 0.3 is 5.97 Å².